The Balaban J connectivity index is 1.29. The molecule has 1 saturated carbocycles. The third-order valence-electron chi connectivity index (χ3n) is 6.54. The van der Waals surface area contributed by atoms with Crippen molar-refractivity contribution in [3.05, 3.63) is 24.3 Å². The molecule has 2 aliphatic heterocycles. The Morgan fingerprint density at radius 2 is 1.62 bits per heavy atom. The number of hydrogen-bond acceptors (Lipinski definition) is 5. The second-order valence-electron chi connectivity index (χ2n) is 8.12. The molecule has 156 valence electrons. The van der Waals surface area contributed by atoms with Crippen LogP contribution in [-0.4, -0.2) is 67.4 Å². The predicted octanol–water partition coefficient (Wildman–Crippen LogP) is 1.91. The predicted molar refractivity (Wildman–Crippen MR) is 109 cm³/mol. The number of piperazine rings is 1. The fourth-order valence-corrected chi connectivity index (χ4v) is 4.90. The van der Waals surface area contributed by atoms with Crippen molar-refractivity contribution < 1.29 is 19.1 Å². The van der Waals surface area contributed by atoms with Gasteiger partial charge < -0.3 is 14.5 Å². The Bertz CT molecular complexity index is 764. The number of likely N-dealkylation sites (tertiary alicyclic amines) is 1. The molecule has 0 spiro atoms. The van der Waals surface area contributed by atoms with Gasteiger partial charge in [-0.15, -0.1) is 0 Å². The highest BCUT2D eigenvalue weighted by atomic mass is 16.5. The summed E-state index contributed by atoms with van der Waals surface area (Å²) >= 11 is 0. The van der Waals surface area contributed by atoms with E-state index < -0.39 is 0 Å². The number of rotatable bonds is 5. The van der Waals surface area contributed by atoms with E-state index in [9.17, 15) is 14.4 Å². The lowest BCUT2D eigenvalue weighted by molar-refractivity contribution is -0.140. The number of para-hydroxylation sites is 2. The summed E-state index contributed by atoms with van der Waals surface area (Å²) in [7, 11) is 1.66. The number of ether oxygens (including phenoxy) is 1. The van der Waals surface area contributed by atoms with Gasteiger partial charge in [-0.3, -0.25) is 19.3 Å². The minimum atomic E-state index is -0.143. The summed E-state index contributed by atoms with van der Waals surface area (Å²) in [6.45, 7) is 2.94. The maximum atomic E-state index is 12.7. The number of nitrogens with zero attached hydrogens (tertiary/aromatic N) is 3. The molecule has 1 aromatic rings. The summed E-state index contributed by atoms with van der Waals surface area (Å²) in [5.41, 5.74) is 1.04. The Labute approximate surface area is 171 Å². The lowest BCUT2D eigenvalue weighted by atomic mass is 9.81. The SMILES string of the molecule is COc1ccccc1N1CCN(C(=O)CCN2C(=O)[C@H]3CCCC[C@@H]3C2=O)CC1. The van der Waals surface area contributed by atoms with Gasteiger partial charge in [0.15, 0.2) is 0 Å². The first-order valence-corrected chi connectivity index (χ1v) is 10.6. The number of hydrogen-bond donors (Lipinski definition) is 0. The van der Waals surface area contributed by atoms with Gasteiger partial charge in [-0.25, -0.2) is 0 Å². The van der Waals surface area contributed by atoms with Gasteiger partial charge in [0.25, 0.3) is 0 Å². The van der Waals surface area contributed by atoms with E-state index in [0.29, 0.717) is 13.1 Å². The normalized spacial score (nSPS) is 24.7. The Morgan fingerprint density at radius 3 is 2.24 bits per heavy atom. The zero-order valence-corrected chi connectivity index (χ0v) is 17.0. The number of anilines is 1. The van der Waals surface area contributed by atoms with E-state index in [1.165, 1.54) is 4.90 Å². The lowest BCUT2D eigenvalue weighted by Crippen LogP contribution is -2.49. The molecule has 3 aliphatic rings. The number of fused-ring (bicyclic) bond motifs is 1. The average molecular weight is 399 g/mol. The van der Waals surface area contributed by atoms with Crippen molar-refractivity contribution in [2.75, 3.05) is 44.7 Å². The van der Waals surface area contributed by atoms with Gasteiger partial charge in [-0.05, 0) is 25.0 Å². The fraction of sp³-hybridized carbons (Fsp3) is 0.591. The van der Waals surface area contributed by atoms with Gasteiger partial charge in [0.2, 0.25) is 17.7 Å². The molecule has 29 heavy (non-hydrogen) atoms. The minimum absolute atomic E-state index is 0.0140. The van der Waals surface area contributed by atoms with Gasteiger partial charge in [0, 0.05) is 39.1 Å². The molecule has 0 radical (unpaired) electrons. The van der Waals surface area contributed by atoms with Crippen LogP contribution in [0.2, 0.25) is 0 Å². The Kier molecular flexibility index (Phi) is 5.74. The van der Waals surface area contributed by atoms with Crippen molar-refractivity contribution in [1.82, 2.24) is 9.80 Å². The van der Waals surface area contributed by atoms with Gasteiger partial charge in [-0.2, -0.15) is 0 Å². The molecule has 0 unspecified atom stereocenters. The molecular formula is C22H29N3O4. The summed E-state index contributed by atoms with van der Waals surface area (Å²) in [4.78, 5) is 43.2. The van der Waals surface area contributed by atoms with Crippen LogP contribution in [0.5, 0.6) is 5.75 Å². The highest BCUT2D eigenvalue weighted by Gasteiger charge is 2.47. The van der Waals surface area contributed by atoms with E-state index in [1.807, 2.05) is 29.2 Å². The smallest absolute Gasteiger partial charge is 0.233 e. The topological polar surface area (TPSA) is 70.2 Å². The number of amides is 3. The van der Waals surface area contributed by atoms with Gasteiger partial charge in [-0.1, -0.05) is 25.0 Å². The second kappa shape index (κ2) is 8.43. The largest absolute Gasteiger partial charge is 0.495 e. The Hall–Kier alpha value is -2.57. The summed E-state index contributed by atoms with van der Waals surface area (Å²) in [6.07, 6.45) is 3.87. The summed E-state index contributed by atoms with van der Waals surface area (Å²) in [6, 6.07) is 7.89. The van der Waals surface area contributed by atoms with Crippen LogP contribution in [0, 0.1) is 11.8 Å². The molecule has 2 atom stereocenters. The first-order valence-electron chi connectivity index (χ1n) is 10.6. The van der Waals surface area contributed by atoms with Crippen molar-refractivity contribution in [2.45, 2.75) is 32.1 Å². The number of methoxy groups -OCH3 is 1. The molecule has 0 bridgehead atoms. The van der Waals surface area contributed by atoms with Crippen LogP contribution in [-0.2, 0) is 14.4 Å². The van der Waals surface area contributed by atoms with Crippen LogP contribution in [0.3, 0.4) is 0 Å². The number of carbonyl (C=O) groups excluding carboxylic acids is 3. The van der Waals surface area contributed by atoms with Crippen molar-refractivity contribution in [3.63, 3.8) is 0 Å². The van der Waals surface area contributed by atoms with Crippen LogP contribution in [0.1, 0.15) is 32.1 Å². The molecule has 2 saturated heterocycles. The zero-order chi connectivity index (χ0) is 20.4. The summed E-state index contributed by atoms with van der Waals surface area (Å²) in [5, 5.41) is 0. The van der Waals surface area contributed by atoms with E-state index in [-0.39, 0.29) is 42.5 Å². The fourth-order valence-electron chi connectivity index (χ4n) is 4.90. The molecule has 0 N–H and O–H groups in total. The third-order valence-corrected chi connectivity index (χ3v) is 6.54. The van der Waals surface area contributed by atoms with E-state index >= 15 is 0 Å². The van der Waals surface area contributed by atoms with Crippen molar-refractivity contribution in [1.29, 1.82) is 0 Å². The highest BCUT2D eigenvalue weighted by Crippen LogP contribution is 2.38. The van der Waals surface area contributed by atoms with Crippen LogP contribution < -0.4 is 9.64 Å². The molecular weight excluding hydrogens is 370 g/mol. The number of imide groups is 1. The molecule has 0 aromatic heterocycles. The molecule has 7 nitrogen and oxygen atoms in total. The van der Waals surface area contributed by atoms with Crippen LogP contribution in [0.15, 0.2) is 24.3 Å². The highest BCUT2D eigenvalue weighted by molar-refractivity contribution is 6.05. The standard InChI is InChI=1S/C22H29N3O4/c1-29-19-9-5-4-8-18(19)23-12-14-24(15-13-23)20(26)10-11-25-21(27)16-6-2-3-7-17(16)22(25)28/h4-5,8-9,16-17H,2-3,6-7,10-15H2,1H3/t16-,17-/m0/s1. The maximum absolute atomic E-state index is 12.7. The molecule has 1 aromatic carbocycles. The van der Waals surface area contributed by atoms with Gasteiger partial charge in [0.05, 0.1) is 24.6 Å². The number of benzene rings is 1. The van der Waals surface area contributed by atoms with Gasteiger partial charge in [0.1, 0.15) is 5.75 Å². The van der Waals surface area contributed by atoms with E-state index in [2.05, 4.69) is 4.90 Å². The molecule has 4 rings (SSSR count). The van der Waals surface area contributed by atoms with E-state index in [4.69, 9.17) is 4.74 Å². The lowest BCUT2D eigenvalue weighted by Gasteiger charge is -2.36. The molecule has 2 heterocycles. The molecule has 7 heteroatoms. The van der Waals surface area contributed by atoms with Gasteiger partial charge >= 0.3 is 0 Å². The van der Waals surface area contributed by atoms with Crippen molar-refractivity contribution >= 4 is 23.4 Å². The second-order valence-corrected chi connectivity index (χ2v) is 8.12. The molecule has 3 amide bonds. The quantitative estimate of drug-likeness (QED) is 0.708. The molecule has 3 fully saturated rings. The minimum Gasteiger partial charge on any atom is -0.495 e. The first-order chi connectivity index (χ1) is 14.1. The van der Waals surface area contributed by atoms with Crippen molar-refractivity contribution in [2.24, 2.45) is 11.8 Å². The zero-order valence-electron chi connectivity index (χ0n) is 17.0. The van der Waals surface area contributed by atoms with Crippen LogP contribution in [0.4, 0.5) is 5.69 Å². The van der Waals surface area contributed by atoms with Crippen molar-refractivity contribution in [3.8, 4) is 5.75 Å². The number of carbonyl (C=O) groups is 3. The molecule has 1 aliphatic carbocycles. The maximum Gasteiger partial charge on any atom is 0.233 e. The van der Waals surface area contributed by atoms with Crippen LogP contribution in [0.25, 0.3) is 0 Å². The van der Waals surface area contributed by atoms with E-state index in [0.717, 1.165) is 50.2 Å². The summed E-state index contributed by atoms with van der Waals surface area (Å²) < 4.78 is 5.44. The third kappa shape index (κ3) is 3.82. The summed E-state index contributed by atoms with van der Waals surface area (Å²) in [5.74, 6) is 0.438. The van der Waals surface area contributed by atoms with E-state index in [1.54, 1.807) is 7.11 Å². The first kappa shape index (κ1) is 19.7. The van der Waals surface area contributed by atoms with Crippen LogP contribution >= 0.6 is 0 Å². The Morgan fingerprint density at radius 1 is 1.00 bits per heavy atom. The monoisotopic (exact) mass is 399 g/mol. The average Bonchev–Trinajstić information content (AvgIpc) is 3.02.